The number of carbonyl (C=O) groups is 2. The van der Waals surface area contributed by atoms with E-state index in [0.717, 1.165) is 21.7 Å². The van der Waals surface area contributed by atoms with Gasteiger partial charge in [0, 0.05) is 38.2 Å². The van der Waals surface area contributed by atoms with E-state index in [1.807, 2.05) is 36.7 Å². The third kappa shape index (κ3) is 10.5. The number of carbonyl (C=O) groups excluding carboxylic acids is 2. The molecule has 0 spiro atoms. The number of anilines is 2. The van der Waals surface area contributed by atoms with E-state index in [-0.39, 0.29) is 5.82 Å². The molecule has 20 heteroatoms. The number of methoxy groups -OCH3 is 1. The van der Waals surface area contributed by atoms with Crippen LogP contribution in [-0.2, 0) is 39.5 Å². The summed E-state index contributed by atoms with van der Waals surface area (Å²) in [7, 11) is 3.78. The largest absolute Gasteiger partial charge is 0.451 e. The highest BCUT2D eigenvalue weighted by molar-refractivity contribution is 7.80. The molecular weight excluding hydrogens is 676 g/mol. The van der Waals surface area contributed by atoms with Crippen molar-refractivity contribution < 1.29 is 32.5 Å². The lowest BCUT2D eigenvalue weighted by Gasteiger charge is -2.09. The van der Waals surface area contributed by atoms with Crippen LogP contribution in [-0.4, -0.2) is 79.8 Å². The fourth-order valence-corrected chi connectivity index (χ4v) is 4.84. The minimum Gasteiger partial charge on any atom is -0.451 e. The standard InChI is InChI=1S/C14H19N5O5S.C9H14N2.C7H11N3O4/c1-4-12-16-18(14(21)19(12)23-3)13(20)17-24-25(22)11-9-7-6-8-10(11)15-5-2;1-2-11-9-6-4-3-5-8(9)7-10;1-4-5-8-9(7(12)13-2)6(11)10(5)14-3/h6-9,15H,4-5H2,1-3H3,(H,17,20);3-6,11H,2,7,10H2,1H3;4H2,1-3H3. The Balaban J connectivity index is 0.000000291. The van der Waals surface area contributed by atoms with Gasteiger partial charge in [-0.15, -0.1) is 29.0 Å². The number of nitrogens with two attached hydrogens (primary N) is 1. The van der Waals surface area contributed by atoms with E-state index >= 15 is 0 Å². The van der Waals surface area contributed by atoms with Crippen LogP contribution in [0.15, 0.2) is 63.0 Å². The molecule has 1 atom stereocenters. The monoisotopic (exact) mass is 720 g/mol. The molecule has 19 nitrogen and oxygen atoms in total. The Morgan fingerprint density at radius 1 is 0.780 bits per heavy atom. The lowest BCUT2D eigenvalue weighted by molar-refractivity contribution is 0.143. The predicted octanol–water partition coefficient (Wildman–Crippen LogP) is 1.17. The van der Waals surface area contributed by atoms with Gasteiger partial charge in [0.25, 0.3) is 0 Å². The summed E-state index contributed by atoms with van der Waals surface area (Å²) in [6, 6.07) is 13.9. The van der Waals surface area contributed by atoms with Crippen LogP contribution < -0.4 is 42.9 Å². The van der Waals surface area contributed by atoms with Gasteiger partial charge < -0.3 is 30.8 Å². The van der Waals surface area contributed by atoms with Crippen molar-refractivity contribution >= 4 is 34.6 Å². The summed E-state index contributed by atoms with van der Waals surface area (Å²) in [6.45, 7) is 9.69. The van der Waals surface area contributed by atoms with Gasteiger partial charge in [0.05, 0.1) is 17.7 Å². The van der Waals surface area contributed by atoms with Gasteiger partial charge in [0.1, 0.15) is 14.2 Å². The normalized spacial score (nSPS) is 10.8. The number of ether oxygens (including phenoxy) is 1. The van der Waals surface area contributed by atoms with Crippen LogP contribution in [0.2, 0.25) is 0 Å². The zero-order valence-corrected chi connectivity index (χ0v) is 29.8. The second kappa shape index (κ2) is 20.8. The van der Waals surface area contributed by atoms with Crippen molar-refractivity contribution in [1.29, 1.82) is 0 Å². The summed E-state index contributed by atoms with van der Waals surface area (Å²) in [5.74, 6) is 0.629. The summed E-state index contributed by atoms with van der Waals surface area (Å²) in [5.41, 5.74) is 8.98. The molecule has 2 aromatic heterocycles. The highest BCUT2D eigenvalue weighted by Gasteiger charge is 2.20. The molecule has 0 bridgehead atoms. The summed E-state index contributed by atoms with van der Waals surface area (Å²) < 4.78 is 24.5. The van der Waals surface area contributed by atoms with Gasteiger partial charge in [-0.1, -0.05) is 44.2 Å². The maximum absolute atomic E-state index is 12.2. The third-order valence-electron chi connectivity index (χ3n) is 6.39. The second-order valence-electron chi connectivity index (χ2n) is 9.50. The number of hydrogen-bond donors (Lipinski definition) is 4. The number of hydrogen-bond acceptors (Lipinski definition) is 14. The van der Waals surface area contributed by atoms with Crippen molar-refractivity contribution in [3.63, 3.8) is 0 Å². The Morgan fingerprint density at radius 3 is 1.78 bits per heavy atom. The Kier molecular flexibility index (Phi) is 16.9. The van der Waals surface area contributed by atoms with Gasteiger partial charge in [-0.2, -0.15) is 9.76 Å². The van der Waals surface area contributed by atoms with Gasteiger partial charge in [0.15, 0.2) is 11.6 Å². The molecule has 2 heterocycles. The Labute approximate surface area is 290 Å². The first-order valence-corrected chi connectivity index (χ1v) is 16.5. The van der Waals surface area contributed by atoms with Crippen LogP contribution in [0, 0.1) is 0 Å². The number of nitrogens with zero attached hydrogens (tertiary/aromatic N) is 6. The molecule has 4 rings (SSSR count). The molecule has 0 fully saturated rings. The van der Waals surface area contributed by atoms with Crippen LogP contribution in [0.4, 0.5) is 21.0 Å². The summed E-state index contributed by atoms with van der Waals surface area (Å²) >= 11 is -1.98. The quantitative estimate of drug-likeness (QED) is 0.151. The van der Waals surface area contributed by atoms with Crippen molar-refractivity contribution in [3.8, 4) is 0 Å². The molecule has 1 unspecified atom stereocenters. The summed E-state index contributed by atoms with van der Waals surface area (Å²) in [6.07, 6.45) is 0.0275. The Hall–Kier alpha value is -5.47. The first-order chi connectivity index (χ1) is 24.1. The number of amides is 1. The maximum Gasteiger partial charge on any atom is 0.439 e. The van der Waals surface area contributed by atoms with Crippen molar-refractivity contribution in [3.05, 3.63) is 86.7 Å². The highest BCUT2D eigenvalue weighted by Crippen LogP contribution is 2.19. The van der Waals surface area contributed by atoms with E-state index in [0.29, 0.717) is 51.7 Å². The van der Waals surface area contributed by atoms with Crippen LogP contribution in [0.3, 0.4) is 0 Å². The lowest BCUT2D eigenvalue weighted by Crippen LogP contribution is -2.39. The van der Waals surface area contributed by atoms with Crippen LogP contribution in [0.1, 0.15) is 44.9 Å². The number of nitrogens with one attached hydrogen (secondary N) is 3. The molecule has 5 N–H and O–H groups in total. The van der Waals surface area contributed by atoms with E-state index in [2.05, 4.69) is 32.5 Å². The zero-order valence-electron chi connectivity index (χ0n) is 29.0. The van der Waals surface area contributed by atoms with Gasteiger partial charge in [-0.05, 0) is 37.6 Å². The zero-order chi connectivity index (χ0) is 37.2. The minimum atomic E-state index is -1.98. The number of aryl methyl sites for hydroxylation is 2. The number of aromatic nitrogens is 6. The number of hydroxylamine groups is 1. The smallest absolute Gasteiger partial charge is 0.439 e. The average Bonchev–Trinajstić information content (AvgIpc) is 3.65. The molecule has 0 aliphatic heterocycles. The van der Waals surface area contributed by atoms with Gasteiger partial charge in [0.2, 0.25) is 11.1 Å². The SMILES string of the molecule is CCNc1ccccc1CN.CCNc1ccccc1S(=O)ONC(=O)n1nc(CC)n(OC)c1=O.CCc1nn(C(=O)OC)c(=O)n1OC. The van der Waals surface area contributed by atoms with Crippen molar-refractivity contribution in [2.45, 2.75) is 52.0 Å². The molecule has 0 aliphatic rings. The van der Waals surface area contributed by atoms with E-state index in [1.54, 1.807) is 38.1 Å². The predicted molar refractivity (Wildman–Crippen MR) is 185 cm³/mol. The molecule has 0 saturated heterocycles. The number of benzene rings is 2. The molecule has 50 heavy (non-hydrogen) atoms. The van der Waals surface area contributed by atoms with E-state index in [4.69, 9.17) is 19.7 Å². The molecule has 2 aromatic carbocycles. The third-order valence-corrected chi connectivity index (χ3v) is 7.34. The lowest BCUT2D eigenvalue weighted by atomic mass is 10.2. The fourth-order valence-electron chi connectivity index (χ4n) is 4.10. The molecule has 0 radical (unpaired) electrons. The van der Waals surface area contributed by atoms with E-state index in [1.165, 1.54) is 26.9 Å². The molecule has 0 saturated carbocycles. The van der Waals surface area contributed by atoms with Crippen LogP contribution in [0.5, 0.6) is 0 Å². The van der Waals surface area contributed by atoms with Crippen LogP contribution >= 0.6 is 0 Å². The first-order valence-electron chi connectivity index (χ1n) is 15.4. The van der Waals surface area contributed by atoms with E-state index in [9.17, 15) is 23.4 Å². The molecule has 1 amide bonds. The van der Waals surface area contributed by atoms with Crippen molar-refractivity contribution in [2.24, 2.45) is 5.73 Å². The van der Waals surface area contributed by atoms with Gasteiger partial charge >= 0.3 is 23.5 Å². The Morgan fingerprint density at radius 2 is 1.28 bits per heavy atom. The van der Waals surface area contributed by atoms with Crippen molar-refractivity contribution in [1.82, 2.24) is 34.5 Å². The number of rotatable bonds is 12. The molecule has 274 valence electrons. The topological polar surface area (TPSA) is 230 Å². The number of para-hydroxylation sites is 2. The Bertz CT molecular complexity index is 1830. The first kappa shape index (κ1) is 40.7. The molecule has 0 aliphatic carbocycles. The minimum absolute atomic E-state index is 0.265. The van der Waals surface area contributed by atoms with Crippen LogP contribution in [0.25, 0.3) is 0 Å². The molecular formula is C30H44N10O9S. The maximum atomic E-state index is 12.2. The summed E-state index contributed by atoms with van der Waals surface area (Å²) in [4.78, 5) is 56.5. The van der Waals surface area contributed by atoms with E-state index < -0.39 is 34.6 Å². The fraction of sp³-hybridized carbons (Fsp3) is 0.400. The van der Waals surface area contributed by atoms with Gasteiger partial charge in [-0.25, -0.2) is 23.4 Å². The van der Waals surface area contributed by atoms with Crippen molar-refractivity contribution in [2.75, 3.05) is 45.1 Å². The highest BCUT2D eigenvalue weighted by atomic mass is 32.2. The summed E-state index contributed by atoms with van der Waals surface area (Å²) in [5, 5.41) is 13.9. The van der Waals surface area contributed by atoms with Gasteiger partial charge in [-0.3, -0.25) is 0 Å². The second-order valence-corrected chi connectivity index (χ2v) is 10.6. The molecule has 4 aromatic rings. The average molecular weight is 721 g/mol.